The molecule has 1 aromatic carbocycles. The second-order valence-corrected chi connectivity index (χ2v) is 8.16. The van der Waals surface area contributed by atoms with Gasteiger partial charge in [-0.15, -0.1) is 5.10 Å². The molecule has 0 fully saturated rings. The normalized spacial score (nSPS) is 12.4. The molecule has 1 aromatic heterocycles. The molecule has 118 valence electrons. The highest BCUT2D eigenvalue weighted by atomic mass is 32.2. The van der Waals surface area contributed by atoms with Gasteiger partial charge < -0.3 is 5.32 Å². The van der Waals surface area contributed by atoms with Crippen LogP contribution in [-0.2, 0) is 4.79 Å². The van der Waals surface area contributed by atoms with Gasteiger partial charge in [0.15, 0.2) is 8.29 Å². The minimum absolute atomic E-state index is 0.0329. The lowest BCUT2D eigenvalue weighted by Crippen LogP contribution is -2.35. The lowest BCUT2D eigenvalue weighted by molar-refractivity contribution is -0.120. The highest BCUT2D eigenvalue weighted by Gasteiger charge is 2.17. The van der Waals surface area contributed by atoms with E-state index in [1.807, 2.05) is 20.8 Å². The van der Waals surface area contributed by atoms with Crippen molar-refractivity contribution in [2.24, 2.45) is 0 Å². The highest BCUT2D eigenvalue weighted by Crippen LogP contribution is 2.27. The maximum Gasteiger partial charge on any atom is 0.233 e. The third-order valence-corrected chi connectivity index (χ3v) is 5.09. The molecule has 1 amide bonds. The monoisotopic (exact) mass is 357 g/mol. The predicted molar refractivity (Wildman–Crippen MR) is 90.8 cm³/mol. The Morgan fingerprint density at radius 1 is 1.36 bits per heavy atom. The number of rotatable bonds is 5. The standard InChI is InChI=1S/C14H16FN3OS3/c1-8(2)16-12(19)9(3)21-13-17-18(14(20)22-13)11-6-4-10(15)5-7-11/h4-9H,1-3H3,(H,16,19)/t9-/m0/s1. The summed E-state index contributed by atoms with van der Waals surface area (Å²) in [5.41, 5.74) is 0.703. The van der Waals surface area contributed by atoms with Gasteiger partial charge in [0.05, 0.1) is 10.9 Å². The number of hydrogen-bond acceptors (Lipinski definition) is 5. The molecule has 1 heterocycles. The first-order valence-electron chi connectivity index (χ1n) is 6.70. The van der Waals surface area contributed by atoms with E-state index in [4.69, 9.17) is 12.2 Å². The lowest BCUT2D eigenvalue weighted by Gasteiger charge is -2.12. The second-order valence-electron chi connectivity index (χ2n) is 4.95. The van der Waals surface area contributed by atoms with Crippen molar-refractivity contribution >= 4 is 41.2 Å². The summed E-state index contributed by atoms with van der Waals surface area (Å²) in [5.74, 6) is -0.339. The molecular weight excluding hydrogens is 341 g/mol. The van der Waals surface area contributed by atoms with E-state index in [9.17, 15) is 9.18 Å². The number of carbonyl (C=O) groups is 1. The molecule has 0 spiro atoms. The summed E-state index contributed by atoms with van der Waals surface area (Å²) < 4.78 is 15.8. The Labute approximate surface area is 141 Å². The van der Waals surface area contributed by atoms with Crippen LogP contribution < -0.4 is 5.32 Å². The molecule has 8 heteroatoms. The van der Waals surface area contributed by atoms with Crippen LogP contribution in [0.1, 0.15) is 20.8 Å². The van der Waals surface area contributed by atoms with Crippen molar-refractivity contribution in [2.75, 3.05) is 0 Å². The van der Waals surface area contributed by atoms with Crippen molar-refractivity contribution in [3.05, 3.63) is 34.0 Å². The maximum atomic E-state index is 13.0. The molecule has 0 aliphatic heterocycles. The van der Waals surface area contributed by atoms with E-state index in [-0.39, 0.29) is 23.0 Å². The molecule has 0 unspecified atom stereocenters. The number of amides is 1. The van der Waals surface area contributed by atoms with Crippen LogP contribution in [0.4, 0.5) is 4.39 Å². The van der Waals surface area contributed by atoms with Crippen LogP contribution in [0, 0.1) is 9.77 Å². The zero-order valence-electron chi connectivity index (χ0n) is 12.4. The zero-order chi connectivity index (χ0) is 16.3. The first-order valence-corrected chi connectivity index (χ1v) is 8.80. The van der Waals surface area contributed by atoms with Crippen LogP contribution in [-0.4, -0.2) is 27.0 Å². The Hall–Kier alpha value is -1.25. The number of nitrogens with zero attached hydrogens (tertiary/aromatic N) is 2. The number of hydrogen-bond donors (Lipinski definition) is 1. The predicted octanol–water partition coefficient (Wildman–Crippen LogP) is 3.81. The summed E-state index contributed by atoms with van der Waals surface area (Å²) in [4.78, 5) is 11.9. The number of benzene rings is 1. The van der Waals surface area contributed by atoms with E-state index in [1.165, 1.54) is 35.2 Å². The molecule has 0 radical (unpaired) electrons. The first-order chi connectivity index (χ1) is 10.4. The van der Waals surface area contributed by atoms with Crippen LogP contribution >= 0.6 is 35.3 Å². The Morgan fingerprint density at radius 2 is 2.00 bits per heavy atom. The zero-order valence-corrected chi connectivity index (χ0v) is 14.8. The van der Waals surface area contributed by atoms with Crippen LogP contribution in [0.3, 0.4) is 0 Å². The van der Waals surface area contributed by atoms with Crippen molar-refractivity contribution < 1.29 is 9.18 Å². The fourth-order valence-corrected chi connectivity index (χ4v) is 4.17. The van der Waals surface area contributed by atoms with Gasteiger partial charge in [-0.2, -0.15) is 0 Å². The molecule has 0 aliphatic carbocycles. The molecule has 1 atom stereocenters. The van der Waals surface area contributed by atoms with E-state index in [0.29, 0.717) is 14.0 Å². The van der Waals surface area contributed by atoms with Gasteiger partial charge in [-0.1, -0.05) is 23.1 Å². The quantitative estimate of drug-likeness (QED) is 0.653. The third-order valence-electron chi connectivity index (χ3n) is 2.68. The van der Waals surface area contributed by atoms with Gasteiger partial charge in [-0.3, -0.25) is 4.79 Å². The SMILES string of the molecule is CC(C)NC(=O)[C@H](C)Sc1nn(-c2ccc(F)cc2)c(=S)s1. The van der Waals surface area contributed by atoms with Crippen molar-refractivity contribution in [2.45, 2.75) is 36.4 Å². The molecule has 2 aromatic rings. The van der Waals surface area contributed by atoms with E-state index >= 15 is 0 Å². The minimum atomic E-state index is -0.306. The van der Waals surface area contributed by atoms with E-state index < -0.39 is 0 Å². The molecule has 0 saturated carbocycles. The Kier molecular flexibility index (Phi) is 5.71. The Morgan fingerprint density at radius 3 is 2.59 bits per heavy atom. The molecular formula is C14H16FN3OS3. The fraction of sp³-hybridized carbons (Fsp3) is 0.357. The molecule has 22 heavy (non-hydrogen) atoms. The van der Waals surface area contributed by atoms with Crippen molar-refractivity contribution in [1.82, 2.24) is 15.1 Å². The van der Waals surface area contributed by atoms with E-state index in [1.54, 1.807) is 16.8 Å². The van der Waals surface area contributed by atoms with Crippen LogP contribution in [0.25, 0.3) is 5.69 Å². The van der Waals surface area contributed by atoms with Gasteiger partial charge in [0, 0.05) is 6.04 Å². The van der Waals surface area contributed by atoms with E-state index in [2.05, 4.69) is 10.4 Å². The van der Waals surface area contributed by atoms with Crippen LogP contribution in [0.15, 0.2) is 28.6 Å². The van der Waals surface area contributed by atoms with Gasteiger partial charge in [0.1, 0.15) is 5.82 Å². The number of halogens is 1. The molecule has 0 saturated heterocycles. The number of aromatic nitrogens is 2. The molecule has 2 rings (SSSR count). The average Bonchev–Trinajstić information content (AvgIpc) is 2.79. The van der Waals surface area contributed by atoms with E-state index in [0.717, 1.165) is 0 Å². The third kappa shape index (κ3) is 4.37. The molecule has 4 nitrogen and oxygen atoms in total. The van der Waals surface area contributed by atoms with Gasteiger partial charge >= 0.3 is 0 Å². The summed E-state index contributed by atoms with van der Waals surface area (Å²) >= 11 is 7.98. The Bertz CT molecular complexity index is 709. The average molecular weight is 358 g/mol. The maximum absolute atomic E-state index is 13.0. The van der Waals surface area contributed by atoms with Crippen LogP contribution in [0.2, 0.25) is 0 Å². The van der Waals surface area contributed by atoms with Crippen LogP contribution in [0.5, 0.6) is 0 Å². The van der Waals surface area contributed by atoms with Crippen molar-refractivity contribution in [1.29, 1.82) is 0 Å². The minimum Gasteiger partial charge on any atom is -0.353 e. The lowest BCUT2D eigenvalue weighted by atomic mass is 10.3. The topological polar surface area (TPSA) is 46.9 Å². The summed E-state index contributed by atoms with van der Waals surface area (Å²) in [6, 6.07) is 6.07. The summed E-state index contributed by atoms with van der Waals surface area (Å²) in [5, 5.41) is 7.01. The number of carbonyl (C=O) groups excluding carboxylic acids is 1. The van der Waals surface area contributed by atoms with Crippen molar-refractivity contribution in [3.8, 4) is 5.69 Å². The summed E-state index contributed by atoms with van der Waals surface area (Å²) in [7, 11) is 0. The van der Waals surface area contributed by atoms with Gasteiger partial charge in [0.25, 0.3) is 0 Å². The van der Waals surface area contributed by atoms with Gasteiger partial charge in [-0.25, -0.2) is 9.07 Å². The molecule has 0 bridgehead atoms. The number of nitrogens with one attached hydrogen (secondary N) is 1. The molecule has 0 aliphatic rings. The summed E-state index contributed by atoms with van der Waals surface area (Å²) in [6.07, 6.45) is 0. The van der Waals surface area contributed by atoms with Gasteiger partial charge in [-0.05, 0) is 57.3 Å². The summed E-state index contributed by atoms with van der Waals surface area (Å²) in [6.45, 7) is 5.67. The smallest absolute Gasteiger partial charge is 0.233 e. The highest BCUT2D eigenvalue weighted by molar-refractivity contribution is 8.02. The largest absolute Gasteiger partial charge is 0.353 e. The number of thioether (sulfide) groups is 1. The van der Waals surface area contributed by atoms with Crippen molar-refractivity contribution in [3.63, 3.8) is 0 Å². The molecule has 1 N–H and O–H groups in total. The second kappa shape index (κ2) is 7.34. The van der Waals surface area contributed by atoms with Gasteiger partial charge in [0.2, 0.25) is 5.91 Å². The fourth-order valence-electron chi connectivity index (χ4n) is 1.66. The Balaban J connectivity index is 2.14. The first kappa shape index (κ1) is 17.1.